The van der Waals surface area contributed by atoms with Crippen LogP contribution < -0.4 is 10.6 Å². The molecule has 22 heteroatoms. The first kappa shape index (κ1) is 63.4. The van der Waals surface area contributed by atoms with Gasteiger partial charge in [-0.15, -0.1) is 0 Å². The summed E-state index contributed by atoms with van der Waals surface area (Å²) in [5.41, 5.74) is -1.89. The first-order valence-corrected chi connectivity index (χ1v) is 29.9. The Balaban J connectivity index is 0.00000475. The number of amides is 1. The average molecular weight is 1130 g/mol. The maximum atomic E-state index is 15.2. The minimum absolute atomic E-state index is 0.0317. The number of fused-ring (bicyclic) bond motifs is 7. The lowest BCUT2D eigenvalue weighted by Crippen LogP contribution is -2.68. The number of carbonyl (C=O) groups is 6. The largest absolute Gasteiger partial charge is 0.481 e. The topological polar surface area (TPSA) is 303 Å². The lowest BCUT2D eigenvalue weighted by atomic mass is 9.33. The van der Waals surface area contributed by atoms with Gasteiger partial charge in [0, 0.05) is 12.5 Å². The highest BCUT2D eigenvalue weighted by Crippen LogP contribution is 2.75. The van der Waals surface area contributed by atoms with E-state index in [1.807, 2.05) is 32.3 Å². The maximum absolute atomic E-state index is 15.2. The van der Waals surface area contributed by atoms with Crippen molar-refractivity contribution in [1.29, 1.82) is 0 Å². The Labute approximate surface area is 461 Å². The SMILES string of the molecule is C=O.COC(=O)C(CCSC)NC[C@H]1O[C@@H](O[C@H]2[C@H](OC3CC[C@@]4(C)C(CC[C@]5(C)C4C(=O)C=C4C6C[C@@](C)(C(=O)O)CC[C@]6(C)CC[C@]45C)C3(C)C)O[C@H](C(=O)N[C@H](CCSC)C(=O)OC)[C@@H](O)[C@@H]2O)[C@H](O)[C@@H](O)[C@@H]1O. The molecular formula is C55H88N2O18S2. The quantitative estimate of drug-likeness (QED) is 0.0722. The first-order valence-electron chi connectivity index (χ1n) is 27.1. The van der Waals surface area contributed by atoms with E-state index in [0.717, 1.165) is 37.7 Å². The third kappa shape index (κ3) is 11.7. The summed E-state index contributed by atoms with van der Waals surface area (Å²) in [4.78, 5) is 75.4. The Bertz CT molecular complexity index is 2170. The van der Waals surface area contributed by atoms with Crippen LogP contribution in [0.1, 0.15) is 119 Å². The van der Waals surface area contributed by atoms with Crippen LogP contribution in [0.5, 0.6) is 0 Å². The number of ketones is 1. The number of rotatable bonds is 18. The van der Waals surface area contributed by atoms with Crippen LogP contribution in [0.15, 0.2) is 11.6 Å². The van der Waals surface area contributed by atoms with Crippen LogP contribution in [0, 0.1) is 50.2 Å². The molecule has 2 aliphatic heterocycles. The number of nitrogens with one attached hydrogen (secondary N) is 2. The minimum Gasteiger partial charge on any atom is -0.481 e. The zero-order valence-corrected chi connectivity index (χ0v) is 48.5. The Kier molecular flexibility index (Phi) is 20.4. The van der Waals surface area contributed by atoms with Gasteiger partial charge in [-0.2, -0.15) is 23.5 Å². The number of aliphatic hydroxyl groups is 5. The Hall–Kier alpha value is -2.74. The molecule has 0 aromatic rings. The fraction of sp³-hybridized carbons (Fsp3) is 0.855. The molecule has 6 fully saturated rings. The molecule has 2 saturated heterocycles. The molecule has 0 aromatic carbocycles. The fourth-order valence-electron chi connectivity index (χ4n) is 15.2. The fourth-order valence-corrected chi connectivity index (χ4v) is 16.2. The number of hydrogen-bond donors (Lipinski definition) is 8. The predicted molar refractivity (Wildman–Crippen MR) is 285 cm³/mol. The van der Waals surface area contributed by atoms with Crippen molar-refractivity contribution in [3.63, 3.8) is 0 Å². The third-order valence-electron chi connectivity index (χ3n) is 20.2. The molecule has 2 heterocycles. The van der Waals surface area contributed by atoms with Crippen molar-refractivity contribution in [3.8, 4) is 0 Å². The van der Waals surface area contributed by atoms with Crippen molar-refractivity contribution >= 4 is 59.9 Å². The number of methoxy groups -OCH3 is 2. The minimum atomic E-state index is -1.99. The van der Waals surface area contributed by atoms with E-state index in [-0.39, 0.29) is 47.3 Å². The summed E-state index contributed by atoms with van der Waals surface area (Å²) in [6, 6.07) is -1.91. The monoisotopic (exact) mass is 1130 g/mol. The van der Waals surface area contributed by atoms with Crippen molar-refractivity contribution in [2.75, 3.05) is 44.8 Å². The number of esters is 2. The molecule has 5 aliphatic carbocycles. The Morgan fingerprint density at radius 3 is 1.97 bits per heavy atom. The summed E-state index contributed by atoms with van der Waals surface area (Å²) in [7, 11) is 2.43. The third-order valence-corrected chi connectivity index (χ3v) is 21.5. The van der Waals surface area contributed by atoms with Gasteiger partial charge in [0.15, 0.2) is 24.5 Å². The lowest BCUT2D eigenvalue weighted by molar-refractivity contribution is -0.372. The number of aliphatic hydroxyl groups excluding tert-OH is 5. The number of thioether (sulfide) groups is 2. The lowest BCUT2D eigenvalue weighted by Gasteiger charge is -2.70. The number of carbonyl (C=O) groups excluding carboxylic acids is 5. The number of allylic oxidation sites excluding steroid dienone is 2. The molecule has 438 valence electrons. The number of carboxylic acid groups (broad SMARTS) is 1. The van der Waals surface area contributed by atoms with Gasteiger partial charge in [0.05, 0.1) is 25.7 Å². The van der Waals surface area contributed by atoms with Crippen molar-refractivity contribution < 1.29 is 87.8 Å². The molecule has 8 N–H and O–H groups in total. The highest BCUT2D eigenvalue weighted by atomic mass is 32.2. The highest BCUT2D eigenvalue weighted by molar-refractivity contribution is 7.98. The van der Waals surface area contributed by atoms with Gasteiger partial charge >= 0.3 is 17.9 Å². The standard InChI is InChI=1S/C54H86N2O17S2.CH2O/c1-49(2)33-12-17-54(7)42(31(57)24-27-28-25-51(4,48(66)67)19-18-50(28,3)20-21-53(27,54)6)52(33,5)16-13-34(49)71-47-41(38(61)37(60)40(72-47)43(63)56-30(15-23-75-11)45(65)69-9)73-46-39(62)36(59)35(58)32(70-46)26-55-29(14-22-74-10)44(64)68-8;1-2/h24,28-30,32-42,46-47,55,58-62H,12-23,25-26H2,1-11H3,(H,56,63)(H,66,67);1H2/t28?,29?,30-,32-,33?,34?,35-,36+,37+,38+,39-,40+,41-,42?,46+,47-,50-,51+,52+,53-,54-;/m1./s1. The van der Waals surface area contributed by atoms with Gasteiger partial charge in [-0.25, -0.2) is 4.79 Å². The van der Waals surface area contributed by atoms with E-state index in [2.05, 4.69) is 52.2 Å². The normalized spacial score (nSPS) is 43.0. The van der Waals surface area contributed by atoms with Crippen LogP contribution in [0.4, 0.5) is 0 Å². The second-order valence-corrected chi connectivity index (χ2v) is 26.7. The summed E-state index contributed by atoms with van der Waals surface area (Å²) >= 11 is 2.96. The van der Waals surface area contributed by atoms with Gasteiger partial charge in [0.25, 0.3) is 5.91 Å². The van der Waals surface area contributed by atoms with Crippen LogP contribution in [0.3, 0.4) is 0 Å². The molecule has 77 heavy (non-hydrogen) atoms. The molecule has 1 amide bonds. The molecular weight excluding hydrogens is 1040 g/mol. The molecule has 20 nitrogen and oxygen atoms in total. The van der Waals surface area contributed by atoms with E-state index in [1.54, 1.807) is 0 Å². The van der Waals surface area contributed by atoms with Crippen molar-refractivity contribution in [3.05, 3.63) is 11.6 Å². The van der Waals surface area contributed by atoms with Crippen LogP contribution in [-0.4, -0.2) is 191 Å². The molecule has 21 atom stereocenters. The van der Waals surface area contributed by atoms with Gasteiger partial charge < -0.3 is 74.5 Å². The summed E-state index contributed by atoms with van der Waals surface area (Å²) in [6.45, 7) is 16.9. The Morgan fingerprint density at radius 1 is 0.753 bits per heavy atom. The van der Waals surface area contributed by atoms with Crippen LogP contribution in [-0.2, 0) is 57.2 Å². The van der Waals surface area contributed by atoms with Crippen LogP contribution >= 0.6 is 23.5 Å². The molecule has 0 aromatic heterocycles. The molecule has 0 spiro atoms. The molecule has 7 aliphatic rings. The zero-order chi connectivity index (χ0) is 57.4. The van der Waals surface area contributed by atoms with Gasteiger partial charge in [0.1, 0.15) is 61.6 Å². The van der Waals surface area contributed by atoms with Crippen LogP contribution in [0.2, 0.25) is 0 Å². The molecule has 5 unspecified atom stereocenters. The van der Waals surface area contributed by atoms with Gasteiger partial charge in [0.2, 0.25) is 0 Å². The summed E-state index contributed by atoms with van der Waals surface area (Å²) in [5, 5.41) is 73.4. The second kappa shape index (κ2) is 24.8. The number of hydrogen-bond acceptors (Lipinski definition) is 20. The maximum Gasteiger partial charge on any atom is 0.328 e. The van der Waals surface area contributed by atoms with Gasteiger partial charge in [-0.3, -0.25) is 19.2 Å². The first-order chi connectivity index (χ1) is 36.1. The highest BCUT2D eigenvalue weighted by Gasteiger charge is 2.71. The van der Waals surface area contributed by atoms with E-state index in [9.17, 15) is 49.8 Å². The number of ether oxygens (including phenoxy) is 6. The van der Waals surface area contributed by atoms with Crippen molar-refractivity contribution in [2.24, 2.45) is 50.2 Å². The van der Waals surface area contributed by atoms with Crippen molar-refractivity contribution in [2.45, 2.75) is 199 Å². The molecule has 0 radical (unpaired) electrons. The predicted octanol–water partition coefficient (Wildman–Crippen LogP) is 3.19. The van der Waals surface area contributed by atoms with E-state index >= 15 is 4.79 Å². The van der Waals surface area contributed by atoms with Crippen molar-refractivity contribution in [1.82, 2.24) is 10.6 Å². The van der Waals surface area contributed by atoms with Gasteiger partial charge in [-0.1, -0.05) is 47.1 Å². The van der Waals surface area contributed by atoms with Crippen LogP contribution in [0.25, 0.3) is 0 Å². The smallest absolute Gasteiger partial charge is 0.328 e. The zero-order valence-electron chi connectivity index (χ0n) is 46.8. The molecule has 7 rings (SSSR count). The van der Waals surface area contributed by atoms with Gasteiger partial charge in [-0.05, 0) is 147 Å². The van der Waals surface area contributed by atoms with E-state index in [4.69, 9.17) is 33.2 Å². The summed E-state index contributed by atoms with van der Waals surface area (Å²) < 4.78 is 35.6. The van der Waals surface area contributed by atoms with E-state index < -0.39 is 125 Å². The molecule has 4 saturated carbocycles. The molecule has 0 bridgehead atoms. The summed E-state index contributed by atoms with van der Waals surface area (Å²) in [6.07, 6.45) is -5.92. The van der Waals surface area contributed by atoms with E-state index in [0.29, 0.717) is 43.6 Å². The Morgan fingerprint density at radius 2 is 1.36 bits per heavy atom. The number of carboxylic acids is 1. The van der Waals surface area contributed by atoms with E-state index in [1.165, 1.54) is 37.7 Å². The number of aliphatic carboxylic acids is 1. The summed E-state index contributed by atoms with van der Waals surface area (Å²) in [5.74, 6) is -2.35. The average Bonchev–Trinajstić information content (AvgIpc) is 3.39. The second-order valence-electron chi connectivity index (χ2n) is 24.7.